The minimum absolute atomic E-state index is 0.320. The number of nitrogens with one attached hydrogen (secondary N) is 2. The van der Waals surface area contributed by atoms with Crippen molar-refractivity contribution in [2.75, 3.05) is 20.3 Å². The lowest BCUT2D eigenvalue weighted by molar-refractivity contribution is -0.123. The number of rotatable bonds is 7. The summed E-state index contributed by atoms with van der Waals surface area (Å²) in [6.07, 6.45) is 0.807. The Kier molecular flexibility index (Phi) is 7.16. The van der Waals surface area contributed by atoms with Gasteiger partial charge in [0, 0.05) is 11.9 Å². The van der Waals surface area contributed by atoms with Crippen molar-refractivity contribution in [1.29, 1.82) is 0 Å². The molecule has 27 heavy (non-hydrogen) atoms. The van der Waals surface area contributed by atoms with Crippen molar-refractivity contribution in [1.82, 2.24) is 10.6 Å². The predicted molar refractivity (Wildman–Crippen MR) is 102 cm³/mol. The minimum atomic E-state index is -0.691. The molecule has 0 radical (unpaired) electrons. The van der Waals surface area contributed by atoms with Crippen molar-refractivity contribution in [2.45, 2.75) is 20.3 Å². The Bertz CT molecular complexity index is 832. The molecule has 0 aromatic heterocycles. The monoisotopic (exact) mass is 372 g/mol. The highest BCUT2D eigenvalue weighted by molar-refractivity contribution is 6.07. The van der Waals surface area contributed by atoms with E-state index in [9.17, 15) is 14.4 Å². The lowest BCUT2D eigenvalue weighted by atomic mass is 10.0. The van der Waals surface area contributed by atoms with Gasteiger partial charge in [0.15, 0.2) is 6.61 Å². The normalized spacial score (nSPS) is 10.5. The highest BCUT2D eigenvalue weighted by atomic mass is 16.5. The van der Waals surface area contributed by atoms with Gasteiger partial charge >= 0.3 is 12.0 Å². The maximum atomic E-state index is 12.4. The summed E-state index contributed by atoms with van der Waals surface area (Å²) < 4.78 is 10.3. The van der Waals surface area contributed by atoms with E-state index >= 15 is 0 Å². The number of fused-ring (bicyclic) bond motifs is 1. The highest BCUT2D eigenvalue weighted by Crippen LogP contribution is 2.28. The zero-order chi connectivity index (χ0) is 19.8. The molecule has 0 aliphatic carbocycles. The second-order valence-electron chi connectivity index (χ2n) is 6.42. The summed E-state index contributed by atoms with van der Waals surface area (Å²) in [7, 11) is 1.55. The van der Waals surface area contributed by atoms with E-state index in [4.69, 9.17) is 9.47 Å². The smallest absolute Gasteiger partial charge is 0.339 e. The van der Waals surface area contributed by atoms with Gasteiger partial charge in [-0.2, -0.15) is 0 Å². The molecule has 2 rings (SSSR count). The van der Waals surface area contributed by atoms with Gasteiger partial charge < -0.3 is 14.8 Å². The van der Waals surface area contributed by atoms with E-state index in [-0.39, 0.29) is 0 Å². The fraction of sp³-hybridized carbons (Fsp3) is 0.350. The summed E-state index contributed by atoms with van der Waals surface area (Å²) in [5.41, 5.74) is 0.320. The molecule has 0 saturated carbocycles. The summed E-state index contributed by atoms with van der Waals surface area (Å²) in [5, 5.41) is 6.13. The molecule has 2 aromatic carbocycles. The SMILES string of the molecule is COc1ccc(C(=O)OCC(=O)NC(=O)NCCC(C)C)c2ccccc12. The van der Waals surface area contributed by atoms with Crippen molar-refractivity contribution in [3.63, 3.8) is 0 Å². The number of benzene rings is 2. The number of amides is 3. The predicted octanol–water partition coefficient (Wildman–Crippen LogP) is 2.88. The van der Waals surface area contributed by atoms with Gasteiger partial charge in [-0.25, -0.2) is 9.59 Å². The van der Waals surface area contributed by atoms with Crippen LogP contribution >= 0.6 is 0 Å². The molecule has 0 spiro atoms. The summed E-state index contributed by atoms with van der Waals surface area (Å²) in [5.74, 6) is -0.258. The number of esters is 1. The van der Waals surface area contributed by atoms with E-state index in [1.807, 2.05) is 26.0 Å². The average molecular weight is 372 g/mol. The fourth-order valence-corrected chi connectivity index (χ4v) is 2.52. The molecule has 0 saturated heterocycles. The van der Waals surface area contributed by atoms with Gasteiger partial charge in [-0.1, -0.05) is 38.1 Å². The van der Waals surface area contributed by atoms with Crippen LogP contribution < -0.4 is 15.4 Å². The quantitative estimate of drug-likeness (QED) is 0.729. The number of carbonyl (C=O) groups excluding carboxylic acids is 3. The maximum absolute atomic E-state index is 12.4. The van der Waals surface area contributed by atoms with E-state index in [1.165, 1.54) is 0 Å². The van der Waals surface area contributed by atoms with Crippen LogP contribution in [-0.2, 0) is 9.53 Å². The Labute approximate surface area is 158 Å². The Balaban J connectivity index is 1.93. The van der Waals surface area contributed by atoms with Gasteiger partial charge in [0.05, 0.1) is 12.7 Å². The Hall–Kier alpha value is -3.09. The molecule has 0 fully saturated rings. The molecule has 0 aliphatic rings. The first kappa shape index (κ1) is 20.2. The standard InChI is InChI=1S/C20H24N2O5/c1-13(2)10-11-21-20(25)22-18(23)12-27-19(24)16-8-9-17(26-3)15-7-5-4-6-14(15)16/h4-9,13H,10-12H2,1-3H3,(H2,21,22,23,25). The van der Waals surface area contributed by atoms with E-state index in [0.29, 0.717) is 29.2 Å². The Morgan fingerprint density at radius 1 is 1.04 bits per heavy atom. The lowest BCUT2D eigenvalue weighted by Gasteiger charge is -2.11. The first-order valence-corrected chi connectivity index (χ1v) is 8.73. The van der Waals surface area contributed by atoms with Crippen molar-refractivity contribution in [3.8, 4) is 5.75 Å². The van der Waals surface area contributed by atoms with Crippen molar-refractivity contribution in [3.05, 3.63) is 42.0 Å². The number of hydrogen-bond donors (Lipinski definition) is 2. The third-order valence-corrected chi connectivity index (χ3v) is 3.92. The van der Waals surface area contributed by atoms with Crippen LogP contribution in [0.25, 0.3) is 10.8 Å². The minimum Gasteiger partial charge on any atom is -0.496 e. The van der Waals surface area contributed by atoms with Gasteiger partial charge in [0.25, 0.3) is 5.91 Å². The average Bonchev–Trinajstić information content (AvgIpc) is 2.64. The van der Waals surface area contributed by atoms with Crippen LogP contribution in [0.1, 0.15) is 30.6 Å². The van der Waals surface area contributed by atoms with Crippen LogP contribution in [0.15, 0.2) is 36.4 Å². The molecule has 0 atom stereocenters. The molecule has 7 heteroatoms. The van der Waals surface area contributed by atoms with E-state index < -0.39 is 24.5 Å². The van der Waals surface area contributed by atoms with E-state index in [0.717, 1.165) is 11.8 Å². The van der Waals surface area contributed by atoms with Gasteiger partial charge in [-0.05, 0) is 29.9 Å². The zero-order valence-electron chi connectivity index (χ0n) is 15.7. The van der Waals surface area contributed by atoms with Gasteiger partial charge in [-0.15, -0.1) is 0 Å². The largest absolute Gasteiger partial charge is 0.496 e. The number of carbonyl (C=O) groups is 3. The van der Waals surface area contributed by atoms with E-state index in [2.05, 4.69) is 10.6 Å². The number of urea groups is 1. The molecule has 2 N–H and O–H groups in total. The second kappa shape index (κ2) is 9.56. The molecule has 0 unspecified atom stereocenters. The van der Waals surface area contributed by atoms with Crippen LogP contribution in [0.5, 0.6) is 5.75 Å². The molecule has 3 amide bonds. The molecule has 2 aromatic rings. The molecule has 7 nitrogen and oxygen atoms in total. The lowest BCUT2D eigenvalue weighted by Crippen LogP contribution is -2.42. The topological polar surface area (TPSA) is 93.7 Å². The van der Waals surface area contributed by atoms with Crippen LogP contribution in [0.2, 0.25) is 0 Å². The number of hydrogen-bond acceptors (Lipinski definition) is 5. The number of ether oxygens (including phenoxy) is 2. The van der Waals surface area contributed by atoms with Crippen molar-refractivity contribution < 1.29 is 23.9 Å². The first-order chi connectivity index (χ1) is 12.9. The Morgan fingerprint density at radius 2 is 1.74 bits per heavy atom. The molecular weight excluding hydrogens is 348 g/mol. The molecule has 144 valence electrons. The maximum Gasteiger partial charge on any atom is 0.339 e. The summed E-state index contributed by atoms with van der Waals surface area (Å²) in [4.78, 5) is 35.7. The summed E-state index contributed by atoms with van der Waals surface area (Å²) >= 11 is 0. The van der Waals surface area contributed by atoms with Gasteiger partial charge in [-0.3, -0.25) is 10.1 Å². The molecule has 0 bridgehead atoms. The van der Waals surface area contributed by atoms with Crippen molar-refractivity contribution >= 4 is 28.7 Å². The zero-order valence-corrected chi connectivity index (χ0v) is 15.7. The molecule has 0 aliphatic heterocycles. The van der Waals surface area contributed by atoms with Gasteiger partial charge in [0.1, 0.15) is 5.75 Å². The van der Waals surface area contributed by atoms with Gasteiger partial charge in [0.2, 0.25) is 0 Å². The Morgan fingerprint density at radius 3 is 2.41 bits per heavy atom. The van der Waals surface area contributed by atoms with Crippen LogP contribution in [0.3, 0.4) is 0 Å². The molecular formula is C20H24N2O5. The first-order valence-electron chi connectivity index (χ1n) is 8.73. The second-order valence-corrected chi connectivity index (χ2v) is 6.42. The summed E-state index contributed by atoms with van der Waals surface area (Å²) in [6, 6.07) is 9.89. The van der Waals surface area contributed by atoms with Crippen LogP contribution in [-0.4, -0.2) is 38.2 Å². The van der Waals surface area contributed by atoms with Crippen LogP contribution in [0.4, 0.5) is 4.79 Å². The number of imide groups is 1. The van der Waals surface area contributed by atoms with Crippen molar-refractivity contribution in [2.24, 2.45) is 5.92 Å². The fourth-order valence-electron chi connectivity index (χ4n) is 2.52. The highest BCUT2D eigenvalue weighted by Gasteiger charge is 2.16. The third kappa shape index (κ3) is 5.70. The van der Waals surface area contributed by atoms with E-state index in [1.54, 1.807) is 31.4 Å². The summed E-state index contributed by atoms with van der Waals surface area (Å²) in [6.45, 7) is 3.99. The van der Waals surface area contributed by atoms with Crippen LogP contribution in [0, 0.1) is 5.92 Å². The number of methoxy groups -OCH3 is 1. The molecule has 0 heterocycles. The third-order valence-electron chi connectivity index (χ3n) is 3.92.